The van der Waals surface area contributed by atoms with E-state index in [-0.39, 0.29) is 12.9 Å². The van der Waals surface area contributed by atoms with Gasteiger partial charge in [0.25, 0.3) is 12.9 Å². The second-order valence-electron chi connectivity index (χ2n) is 0.211. The van der Waals surface area contributed by atoms with E-state index in [0.29, 0.717) is 0 Å². The number of hydrogen-bond acceptors (Lipinski definition) is 4. The van der Waals surface area contributed by atoms with Crippen molar-refractivity contribution in [1.29, 1.82) is 0 Å². The summed E-state index contributed by atoms with van der Waals surface area (Å²) in [5.74, 6) is 0. The lowest BCUT2D eigenvalue weighted by Crippen LogP contribution is -1.49. The molecule has 62 valence electrons. The summed E-state index contributed by atoms with van der Waals surface area (Å²) >= 11 is 0. The summed E-state index contributed by atoms with van der Waals surface area (Å²) in [6, 6.07) is 0. The number of aliphatic hydroxyl groups is 1. The summed E-state index contributed by atoms with van der Waals surface area (Å²) in [5.41, 5.74) is 0. The van der Waals surface area contributed by atoms with Crippen LogP contribution in [-0.4, -0.2) is 42.2 Å². The van der Waals surface area contributed by atoms with Gasteiger partial charge in [0.05, 0.1) is 0 Å². The third kappa shape index (κ3) is 99.7. The second kappa shape index (κ2) is 1010. The molecule has 0 amide bonds. The smallest absolute Gasteiger partial charge is 0.290 e. The van der Waals surface area contributed by atoms with Crippen molar-refractivity contribution in [3.63, 3.8) is 0 Å². The van der Waals surface area contributed by atoms with Crippen LogP contribution in [0.4, 0.5) is 0 Å². The van der Waals surface area contributed by atoms with Gasteiger partial charge in [0.15, 0.2) is 0 Å². The van der Waals surface area contributed by atoms with Crippen molar-refractivity contribution in [2.45, 2.75) is 0 Å². The van der Waals surface area contributed by atoms with E-state index < -0.39 is 0 Å². The zero-order valence-electron chi connectivity index (χ0n) is 5.43. The fourth-order valence-corrected chi connectivity index (χ4v) is 0. The highest BCUT2D eigenvalue weighted by molar-refractivity contribution is 5.32. The molecule has 0 aromatic heterocycles. The van der Waals surface area contributed by atoms with Gasteiger partial charge in [-0.2, -0.15) is 0 Å². The largest absolute Gasteiger partial charge is 0.483 e. The van der Waals surface area contributed by atoms with Crippen LogP contribution in [0.15, 0.2) is 0 Å². The highest BCUT2D eigenvalue weighted by Crippen LogP contribution is 0.969. The Bertz CT molecular complexity index is 39.0. The van der Waals surface area contributed by atoms with Gasteiger partial charge in [0.1, 0.15) is 6.79 Å². The Morgan fingerprint density at radius 2 is 1.00 bits per heavy atom. The van der Waals surface area contributed by atoms with E-state index in [1.165, 1.54) is 0 Å². The molecule has 0 radical (unpaired) electrons. The number of carbonyl (C=O) groups is 3. The van der Waals surface area contributed by atoms with E-state index in [9.17, 15) is 0 Å². The Morgan fingerprint density at radius 1 is 1.00 bits per heavy atom. The molecule has 0 fully saturated rings. The standard InChI is InChI=1S/2CH2O2.CH4O.CH2O/c2*2-1-3;2*1-2/h2*1H,(H,2,3);2H,1H3;1H2. The third-order valence-electron chi connectivity index (χ3n) is 0. The summed E-state index contributed by atoms with van der Waals surface area (Å²) in [6.07, 6.45) is 0. The molecule has 0 aliphatic heterocycles. The van der Waals surface area contributed by atoms with E-state index in [1.807, 2.05) is 6.79 Å². The average molecular weight is 154 g/mol. The maximum atomic E-state index is 8.36. The molecule has 0 aliphatic carbocycles. The van der Waals surface area contributed by atoms with Crippen LogP contribution in [0.1, 0.15) is 0 Å². The number of aliphatic hydroxyl groups excluding tert-OH is 1. The SMILES string of the molecule is C=O.CO.O=CO.O=CO. The Balaban J connectivity index is -0.0000000246. The Hall–Kier alpha value is -1.43. The van der Waals surface area contributed by atoms with Crippen molar-refractivity contribution < 1.29 is 29.7 Å². The summed E-state index contributed by atoms with van der Waals surface area (Å²) < 4.78 is 0. The van der Waals surface area contributed by atoms with Gasteiger partial charge in [-0.05, 0) is 0 Å². The van der Waals surface area contributed by atoms with E-state index >= 15 is 0 Å². The molecule has 6 heteroatoms. The van der Waals surface area contributed by atoms with E-state index in [4.69, 9.17) is 29.7 Å². The van der Waals surface area contributed by atoms with Crippen LogP contribution < -0.4 is 0 Å². The Morgan fingerprint density at radius 3 is 1.00 bits per heavy atom. The first-order valence-corrected chi connectivity index (χ1v) is 1.72. The molecule has 0 aliphatic rings. The minimum absolute atomic E-state index is 0.250. The molecular weight excluding hydrogens is 144 g/mol. The molecule has 0 heterocycles. The van der Waals surface area contributed by atoms with Crippen LogP contribution in [0, 0.1) is 0 Å². The molecule has 0 bridgehead atoms. The van der Waals surface area contributed by atoms with Gasteiger partial charge in [-0.1, -0.05) is 0 Å². The normalized spacial score (nSPS) is 3.40. The van der Waals surface area contributed by atoms with Gasteiger partial charge < -0.3 is 20.1 Å². The molecule has 0 rings (SSSR count). The summed E-state index contributed by atoms with van der Waals surface area (Å²) in [6.45, 7) is 1.50. The van der Waals surface area contributed by atoms with Gasteiger partial charge >= 0.3 is 0 Å². The first-order chi connectivity index (χ1) is 4.83. The molecule has 0 atom stereocenters. The molecule has 3 N–H and O–H groups in total. The first kappa shape index (κ1) is 23.5. The van der Waals surface area contributed by atoms with E-state index in [1.54, 1.807) is 0 Å². The lowest BCUT2D eigenvalue weighted by atomic mass is 11.7. The molecule has 0 saturated carbocycles. The third-order valence-corrected chi connectivity index (χ3v) is 0. The van der Waals surface area contributed by atoms with Gasteiger partial charge in [-0.3, -0.25) is 9.59 Å². The van der Waals surface area contributed by atoms with Crippen molar-refractivity contribution in [1.82, 2.24) is 0 Å². The van der Waals surface area contributed by atoms with E-state index in [2.05, 4.69) is 0 Å². The molecular formula is C4H10O6. The van der Waals surface area contributed by atoms with Crippen molar-refractivity contribution >= 4 is 19.7 Å². The maximum absolute atomic E-state index is 8.36. The number of carboxylic acid groups (broad SMARTS) is 2. The summed E-state index contributed by atoms with van der Waals surface area (Å²) in [4.78, 5) is 24.7. The molecule has 0 aromatic rings. The van der Waals surface area contributed by atoms with Crippen molar-refractivity contribution in [3.8, 4) is 0 Å². The van der Waals surface area contributed by atoms with Crippen LogP contribution in [0.3, 0.4) is 0 Å². The average Bonchev–Trinajstić information content (AvgIpc) is 1.99. The van der Waals surface area contributed by atoms with Gasteiger partial charge in [0.2, 0.25) is 0 Å². The summed E-state index contributed by atoms with van der Waals surface area (Å²) in [7, 11) is 1.00. The van der Waals surface area contributed by atoms with Crippen LogP contribution in [0.2, 0.25) is 0 Å². The molecule has 0 unspecified atom stereocenters. The van der Waals surface area contributed by atoms with E-state index in [0.717, 1.165) is 7.11 Å². The molecule has 10 heavy (non-hydrogen) atoms. The number of hydrogen-bond donors (Lipinski definition) is 3. The van der Waals surface area contributed by atoms with Gasteiger partial charge in [-0.25, -0.2) is 0 Å². The topological polar surface area (TPSA) is 112 Å². The highest BCUT2D eigenvalue weighted by atomic mass is 16.3. The maximum Gasteiger partial charge on any atom is 0.290 e. The quantitative estimate of drug-likeness (QED) is 0.379. The predicted octanol–water partition coefficient (Wildman–Crippen LogP) is -1.17. The lowest BCUT2D eigenvalue weighted by Gasteiger charge is -1.34. The van der Waals surface area contributed by atoms with Crippen LogP contribution in [0.25, 0.3) is 0 Å². The van der Waals surface area contributed by atoms with Crippen LogP contribution in [0.5, 0.6) is 0 Å². The zero-order valence-corrected chi connectivity index (χ0v) is 5.43. The monoisotopic (exact) mass is 154 g/mol. The van der Waals surface area contributed by atoms with Crippen molar-refractivity contribution in [3.05, 3.63) is 0 Å². The predicted molar refractivity (Wildman–Crippen MR) is 32.6 cm³/mol. The second-order valence-corrected chi connectivity index (χ2v) is 0.211. The Kier molecular flexibility index (Phi) is 2360. The van der Waals surface area contributed by atoms with Gasteiger partial charge in [-0.15, -0.1) is 0 Å². The van der Waals surface area contributed by atoms with Crippen molar-refractivity contribution in [2.75, 3.05) is 7.11 Å². The zero-order chi connectivity index (χ0) is 9.41. The minimum Gasteiger partial charge on any atom is -0.483 e. The number of rotatable bonds is 0. The van der Waals surface area contributed by atoms with Crippen LogP contribution >= 0.6 is 0 Å². The fraction of sp³-hybridized carbons (Fsp3) is 0.250. The van der Waals surface area contributed by atoms with Crippen LogP contribution in [-0.2, 0) is 14.4 Å². The minimum atomic E-state index is -0.250. The summed E-state index contributed by atoms with van der Waals surface area (Å²) in [5, 5.41) is 20.8. The molecule has 0 aromatic carbocycles. The molecule has 0 spiro atoms. The molecule has 6 nitrogen and oxygen atoms in total. The first-order valence-electron chi connectivity index (χ1n) is 1.72. The van der Waals surface area contributed by atoms with Crippen molar-refractivity contribution in [2.24, 2.45) is 0 Å². The van der Waals surface area contributed by atoms with Gasteiger partial charge in [0, 0.05) is 7.11 Å². The molecule has 0 saturated heterocycles. The number of carbonyl (C=O) groups excluding carboxylic acids is 1. The highest BCUT2D eigenvalue weighted by Gasteiger charge is 1.22. The Labute approximate surface area is 57.7 Å². The fourth-order valence-electron chi connectivity index (χ4n) is 0. The lowest BCUT2D eigenvalue weighted by molar-refractivity contribution is -0.123.